The van der Waals surface area contributed by atoms with Crippen LogP contribution in [0.1, 0.15) is 0 Å². The number of rotatable bonds is 0. The predicted octanol–water partition coefficient (Wildman–Crippen LogP) is -1.79. The van der Waals surface area contributed by atoms with Gasteiger partial charge in [-0.05, 0) is 10.4 Å². The van der Waals surface area contributed by atoms with Crippen molar-refractivity contribution in [2.45, 2.75) is 0 Å². The fourth-order valence-electron chi connectivity index (χ4n) is 0.585. The smallest absolute Gasteiger partial charge is 0.272 e. The van der Waals surface area contributed by atoms with E-state index in [1.807, 2.05) is 0 Å². The van der Waals surface area contributed by atoms with Crippen LogP contribution in [0, 0.1) is 0 Å². The Hall–Kier alpha value is -1.79. The zero-order chi connectivity index (χ0) is 6.97. The minimum absolute atomic E-state index is 0.243. The van der Waals surface area contributed by atoms with E-state index in [2.05, 4.69) is 25.6 Å². The third kappa shape index (κ3) is 0.569. The molecule has 0 fully saturated rings. The van der Waals surface area contributed by atoms with Gasteiger partial charge in [-0.2, -0.15) is 0 Å². The van der Waals surface area contributed by atoms with Crippen molar-refractivity contribution in [3.8, 4) is 0 Å². The fourth-order valence-corrected chi connectivity index (χ4v) is 0.585. The van der Waals surface area contributed by atoms with Gasteiger partial charge >= 0.3 is 0 Å². The van der Waals surface area contributed by atoms with Crippen LogP contribution in [0.25, 0.3) is 5.78 Å². The van der Waals surface area contributed by atoms with Crippen LogP contribution >= 0.6 is 0 Å². The molecule has 2 heterocycles. The number of nitrogens with one attached hydrogen (secondary N) is 1. The SMILES string of the molecule is O=c1cnn2nnnc2[nH]1. The first-order chi connectivity index (χ1) is 4.86. The molecule has 0 aliphatic rings. The maximum absolute atomic E-state index is 10.6. The second-order valence-electron chi connectivity index (χ2n) is 1.63. The average molecular weight is 138 g/mol. The number of fused-ring (bicyclic) bond motifs is 1. The van der Waals surface area contributed by atoms with Crippen LogP contribution in [-0.4, -0.2) is 30.2 Å². The summed E-state index contributed by atoms with van der Waals surface area (Å²) in [7, 11) is 0. The number of aromatic amines is 1. The van der Waals surface area contributed by atoms with Crippen molar-refractivity contribution in [2.75, 3.05) is 0 Å². The van der Waals surface area contributed by atoms with Gasteiger partial charge in [-0.25, -0.2) is 0 Å². The molecule has 0 saturated carbocycles. The highest BCUT2D eigenvalue weighted by Gasteiger charge is 1.94. The summed E-state index contributed by atoms with van der Waals surface area (Å²) in [6.45, 7) is 0. The van der Waals surface area contributed by atoms with Crippen molar-refractivity contribution in [1.82, 2.24) is 30.2 Å². The van der Waals surface area contributed by atoms with Gasteiger partial charge < -0.3 is 0 Å². The van der Waals surface area contributed by atoms with Crippen molar-refractivity contribution in [2.24, 2.45) is 0 Å². The van der Waals surface area contributed by atoms with Gasteiger partial charge in [0.15, 0.2) is 0 Å². The minimum Gasteiger partial charge on any atom is -0.287 e. The Kier molecular flexibility index (Phi) is 0.802. The van der Waals surface area contributed by atoms with Gasteiger partial charge in [-0.1, -0.05) is 9.73 Å². The summed E-state index contributed by atoms with van der Waals surface area (Å²) in [5.74, 6) is 0.243. The Balaban J connectivity index is 2.99. The molecule has 50 valence electrons. The van der Waals surface area contributed by atoms with E-state index in [0.29, 0.717) is 0 Å². The van der Waals surface area contributed by atoms with Crippen LogP contribution in [0.2, 0.25) is 0 Å². The highest BCUT2D eigenvalue weighted by atomic mass is 16.1. The molecule has 2 aromatic heterocycles. The molecule has 0 aromatic carbocycles. The summed E-state index contributed by atoms with van der Waals surface area (Å²) in [4.78, 5) is 12.9. The van der Waals surface area contributed by atoms with Crippen LogP contribution < -0.4 is 5.56 Å². The highest BCUT2D eigenvalue weighted by Crippen LogP contribution is 1.77. The maximum Gasteiger partial charge on any atom is 0.272 e. The van der Waals surface area contributed by atoms with Crippen molar-refractivity contribution < 1.29 is 0 Å². The Morgan fingerprint density at radius 2 is 2.50 bits per heavy atom. The standard InChI is InChI=1S/C3H2N6O/c10-2-1-4-9-3(5-2)6-7-8-9/h1H,(H,5,6,8,10). The van der Waals surface area contributed by atoms with Crippen LogP contribution in [0.5, 0.6) is 0 Å². The summed E-state index contributed by atoms with van der Waals surface area (Å²) in [5, 5.41) is 13.7. The lowest BCUT2D eigenvalue weighted by Gasteiger charge is -1.82. The molecule has 7 heteroatoms. The highest BCUT2D eigenvalue weighted by molar-refractivity contribution is 5.17. The van der Waals surface area contributed by atoms with Gasteiger partial charge in [-0.3, -0.25) is 9.78 Å². The van der Waals surface area contributed by atoms with E-state index < -0.39 is 0 Å². The van der Waals surface area contributed by atoms with Crippen molar-refractivity contribution in [3.63, 3.8) is 0 Å². The summed E-state index contributed by atoms with van der Waals surface area (Å²) >= 11 is 0. The van der Waals surface area contributed by atoms with E-state index in [-0.39, 0.29) is 11.3 Å². The molecule has 0 unspecified atom stereocenters. The molecule has 0 saturated heterocycles. The van der Waals surface area contributed by atoms with Crippen molar-refractivity contribution in [3.05, 3.63) is 16.6 Å². The first kappa shape index (κ1) is 5.03. The van der Waals surface area contributed by atoms with E-state index in [1.165, 1.54) is 0 Å². The van der Waals surface area contributed by atoms with Gasteiger partial charge in [0, 0.05) is 0 Å². The lowest BCUT2D eigenvalue weighted by Crippen LogP contribution is -2.09. The van der Waals surface area contributed by atoms with Gasteiger partial charge in [0.1, 0.15) is 6.20 Å². The first-order valence-electron chi connectivity index (χ1n) is 2.50. The third-order valence-corrected chi connectivity index (χ3v) is 0.973. The second-order valence-corrected chi connectivity index (χ2v) is 1.63. The molecule has 0 aliphatic heterocycles. The van der Waals surface area contributed by atoms with Gasteiger partial charge in [0.25, 0.3) is 11.3 Å². The molecule has 2 rings (SSSR count). The Bertz CT molecular complexity index is 400. The molecule has 0 amide bonds. The average Bonchev–Trinajstić information content (AvgIpc) is 2.33. The largest absolute Gasteiger partial charge is 0.287 e. The Morgan fingerprint density at radius 3 is 3.40 bits per heavy atom. The molecule has 2 aromatic rings. The van der Waals surface area contributed by atoms with Gasteiger partial charge in [0.2, 0.25) is 0 Å². The number of aromatic nitrogens is 6. The molecule has 0 spiro atoms. The Morgan fingerprint density at radius 1 is 1.60 bits per heavy atom. The lowest BCUT2D eigenvalue weighted by atomic mass is 10.8. The quantitative estimate of drug-likeness (QED) is 0.464. The number of nitrogens with zero attached hydrogens (tertiary/aromatic N) is 5. The molecular weight excluding hydrogens is 136 g/mol. The monoisotopic (exact) mass is 138 g/mol. The lowest BCUT2D eigenvalue weighted by molar-refractivity contribution is 0.721. The second kappa shape index (κ2) is 1.59. The molecule has 0 radical (unpaired) electrons. The molecule has 1 N–H and O–H groups in total. The fraction of sp³-hybridized carbons (Fsp3) is 0. The van der Waals surface area contributed by atoms with Gasteiger partial charge in [0.05, 0.1) is 0 Å². The van der Waals surface area contributed by atoms with E-state index >= 15 is 0 Å². The maximum atomic E-state index is 10.6. The summed E-state index contributed by atoms with van der Waals surface area (Å²) in [6.07, 6.45) is 1.10. The molecule has 10 heavy (non-hydrogen) atoms. The zero-order valence-electron chi connectivity index (χ0n) is 4.72. The predicted molar refractivity (Wildman–Crippen MR) is 29.2 cm³/mol. The third-order valence-electron chi connectivity index (χ3n) is 0.973. The molecule has 0 bridgehead atoms. The number of tetrazole rings is 1. The number of hydrogen-bond acceptors (Lipinski definition) is 5. The number of H-pyrrole nitrogens is 1. The van der Waals surface area contributed by atoms with Gasteiger partial charge in [-0.15, -0.1) is 5.10 Å². The summed E-state index contributed by atoms with van der Waals surface area (Å²) < 4.78 is 1.13. The van der Waals surface area contributed by atoms with E-state index in [9.17, 15) is 4.79 Å². The van der Waals surface area contributed by atoms with Crippen LogP contribution in [0.4, 0.5) is 0 Å². The molecular formula is C3H2N6O. The minimum atomic E-state index is -0.317. The first-order valence-corrected chi connectivity index (χ1v) is 2.50. The van der Waals surface area contributed by atoms with E-state index in [4.69, 9.17) is 0 Å². The normalized spacial score (nSPS) is 10.4. The van der Waals surface area contributed by atoms with Crippen molar-refractivity contribution >= 4 is 5.78 Å². The topological polar surface area (TPSA) is 88.8 Å². The Labute approximate surface area is 53.7 Å². The summed E-state index contributed by atoms with van der Waals surface area (Å²) in [6, 6.07) is 0. The zero-order valence-corrected chi connectivity index (χ0v) is 4.72. The van der Waals surface area contributed by atoms with Crippen LogP contribution in [0.3, 0.4) is 0 Å². The molecule has 0 atom stereocenters. The van der Waals surface area contributed by atoms with E-state index in [1.54, 1.807) is 0 Å². The van der Waals surface area contributed by atoms with Crippen LogP contribution in [-0.2, 0) is 0 Å². The number of hydrogen-bond donors (Lipinski definition) is 1. The summed E-state index contributed by atoms with van der Waals surface area (Å²) in [5.41, 5.74) is -0.317. The molecule has 7 nitrogen and oxygen atoms in total. The molecule has 0 aliphatic carbocycles. The van der Waals surface area contributed by atoms with E-state index in [0.717, 1.165) is 10.8 Å². The van der Waals surface area contributed by atoms with Crippen molar-refractivity contribution in [1.29, 1.82) is 0 Å². The van der Waals surface area contributed by atoms with Crippen LogP contribution in [0.15, 0.2) is 11.0 Å².